The Morgan fingerprint density at radius 3 is 2.57 bits per heavy atom. The number of nitrogens with two attached hydrogens (primary N) is 1. The van der Waals surface area contributed by atoms with Crippen LogP contribution in [0.4, 0.5) is 16.5 Å². The van der Waals surface area contributed by atoms with Gasteiger partial charge in [0.15, 0.2) is 5.13 Å². The number of aryl methyl sites for hydroxylation is 2. The summed E-state index contributed by atoms with van der Waals surface area (Å²) in [5.74, 6) is 0. The molecule has 0 aliphatic carbocycles. The van der Waals surface area contributed by atoms with Crippen molar-refractivity contribution in [3.8, 4) is 11.3 Å². The van der Waals surface area contributed by atoms with Crippen molar-refractivity contribution in [2.45, 2.75) is 13.8 Å². The third-order valence-electron chi connectivity index (χ3n) is 3.35. The van der Waals surface area contributed by atoms with Gasteiger partial charge in [-0.05, 0) is 43.2 Å². The van der Waals surface area contributed by atoms with Gasteiger partial charge in [0.05, 0.1) is 5.69 Å². The van der Waals surface area contributed by atoms with E-state index in [4.69, 9.17) is 5.73 Å². The van der Waals surface area contributed by atoms with E-state index in [9.17, 15) is 0 Å². The maximum absolute atomic E-state index is 5.71. The van der Waals surface area contributed by atoms with Crippen molar-refractivity contribution in [2.24, 2.45) is 0 Å². The van der Waals surface area contributed by atoms with Crippen LogP contribution < -0.4 is 11.1 Å². The summed E-state index contributed by atoms with van der Waals surface area (Å²) in [7, 11) is 0. The summed E-state index contributed by atoms with van der Waals surface area (Å²) >= 11 is 1.60. The zero-order valence-electron chi connectivity index (χ0n) is 12.1. The number of aromatic nitrogens is 1. The summed E-state index contributed by atoms with van der Waals surface area (Å²) in [6.45, 7) is 4.18. The fraction of sp³-hybridized carbons (Fsp3) is 0.118. The molecule has 0 aliphatic rings. The second-order valence-electron chi connectivity index (χ2n) is 5.10. The number of benzene rings is 2. The van der Waals surface area contributed by atoms with Crippen LogP contribution in [0.5, 0.6) is 0 Å². The highest BCUT2D eigenvalue weighted by molar-refractivity contribution is 7.14. The van der Waals surface area contributed by atoms with Crippen molar-refractivity contribution in [3.05, 3.63) is 59.0 Å². The Hall–Kier alpha value is -2.33. The second kappa shape index (κ2) is 5.58. The van der Waals surface area contributed by atoms with Crippen molar-refractivity contribution < 1.29 is 0 Å². The van der Waals surface area contributed by atoms with E-state index in [1.165, 1.54) is 11.1 Å². The van der Waals surface area contributed by atoms with Gasteiger partial charge in [-0.25, -0.2) is 4.98 Å². The van der Waals surface area contributed by atoms with Crippen molar-refractivity contribution in [3.63, 3.8) is 0 Å². The number of hydrogen-bond acceptors (Lipinski definition) is 4. The lowest BCUT2D eigenvalue weighted by molar-refractivity contribution is 1.34. The highest BCUT2D eigenvalue weighted by atomic mass is 32.1. The summed E-state index contributed by atoms with van der Waals surface area (Å²) in [5.41, 5.74) is 12.1. The minimum Gasteiger partial charge on any atom is -0.399 e. The Balaban J connectivity index is 1.85. The number of nitrogens with one attached hydrogen (secondary N) is 1. The lowest BCUT2D eigenvalue weighted by Crippen LogP contribution is -1.93. The van der Waals surface area contributed by atoms with Gasteiger partial charge in [0.1, 0.15) is 0 Å². The predicted molar refractivity (Wildman–Crippen MR) is 91.2 cm³/mol. The van der Waals surface area contributed by atoms with Crippen molar-refractivity contribution in [2.75, 3.05) is 11.1 Å². The summed E-state index contributed by atoms with van der Waals surface area (Å²) in [6, 6.07) is 14.1. The highest BCUT2D eigenvalue weighted by Crippen LogP contribution is 2.29. The molecule has 0 saturated carbocycles. The quantitative estimate of drug-likeness (QED) is 0.685. The van der Waals surface area contributed by atoms with Crippen LogP contribution in [0.3, 0.4) is 0 Å². The first-order valence-electron chi connectivity index (χ1n) is 6.77. The minimum absolute atomic E-state index is 0.766. The Morgan fingerprint density at radius 2 is 1.81 bits per heavy atom. The Labute approximate surface area is 128 Å². The Bertz CT molecular complexity index is 760. The number of rotatable bonds is 3. The van der Waals surface area contributed by atoms with E-state index in [-0.39, 0.29) is 0 Å². The predicted octanol–water partition coefficient (Wildman–Crippen LogP) is 4.75. The van der Waals surface area contributed by atoms with Crippen molar-refractivity contribution in [1.29, 1.82) is 0 Å². The number of thiazole rings is 1. The number of nitrogens with zero attached hydrogens (tertiary/aromatic N) is 1. The zero-order valence-corrected chi connectivity index (χ0v) is 12.9. The van der Waals surface area contributed by atoms with Gasteiger partial charge in [0.25, 0.3) is 0 Å². The molecule has 3 rings (SSSR count). The second-order valence-corrected chi connectivity index (χ2v) is 5.96. The fourth-order valence-corrected chi connectivity index (χ4v) is 2.84. The molecular formula is C17H17N3S. The van der Waals surface area contributed by atoms with E-state index in [1.807, 2.05) is 24.3 Å². The van der Waals surface area contributed by atoms with Gasteiger partial charge in [-0.1, -0.05) is 24.3 Å². The number of hydrogen-bond donors (Lipinski definition) is 2. The van der Waals surface area contributed by atoms with Gasteiger partial charge < -0.3 is 11.1 Å². The molecule has 3 aromatic rings. The van der Waals surface area contributed by atoms with Crippen LogP contribution in [0, 0.1) is 13.8 Å². The fourth-order valence-electron chi connectivity index (χ4n) is 2.10. The molecule has 2 aromatic carbocycles. The average molecular weight is 295 g/mol. The summed E-state index contributed by atoms with van der Waals surface area (Å²) in [5, 5.41) is 6.35. The van der Waals surface area contributed by atoms with E-state index in [0.29, 0.717) is 0 Å². The van der Waals surface area contributed by atoms with Crippen molar-refractivity contribution >= 4 is 27.8 Å². The topological polar surface area (TPSA) is 50.9 Å². The molecule has 0 bridgehead atoms. The van der Waals surface area contributed by atoms with E-state index >= 15 is 0 Å². The molecule has 21 heavy (non-hydrogen) atoms. The van der Waals surface area contributed by atoms with Gasteiger partial charge in [-0.15, -0.1) is 11.3 Å². The number of anilines is 3. The molecule has 4 heteroatoms. The van der Waals surface area contributed by atoms with Gasteiger partial charge in [0, 0.05) is 22.3 Å². The first-order chi connectivity index (χ1) is 10.1. The first kappa shape index (κ1) is 13.6. The van der Waals surface area contributed by atoms with Gasteiger partial charge in [-0.2, -0.15) is 0 Å². The summed E-state index contributed by atoms with van der Waals surface area (Å²) < 4.78 is 0. The van der Waals surface area contributed by atoms with Crippen molar-refractivity contribution in [1.82, 2.24) is 4.98 Å². The summed E-state index contributed by atoms with van der Waals surface area (Å²) in [4.78, 5) is 4.64. The molecule has 0 saturated heterocycles. The highest BCUT2D eigenvalue weighted by Gasteiger charge is 2.06. The van der Waals surface area contributed by atoms with Crippen LogP contribution in [0.25, 0.3) is 11.3 Å². The molecule has 1 heterocycles. The monoisotopic (exact) mass is 295 g/mol. The molecule has 0 spiro atoms. The molecule has 3 N–H and O–H groups in total. The number of nitrogen functional groups attached to an aromatic ring is 1. The molecule has 0 radical (unpaired) electrons. The molecule has 106 valence electrons. The lowest BCUT2D eigenvalue weighted by Gasteiger charge is -2.07. The third-order valence-corrected chi connectivity index (χ3v) is 4.10. The first-order valence-corrected chi connectivity index (χ1v) is 7.65. The van der Waals surface area contributed by atoms with E-state index < -0.39 is 0 Å². The normalized spacial score (nSPS) is 10.6. The van der Waals surface area contributed by atoms with Crippen LogP contribution in [0.15, 0.2) is 47.8 Å². The van der Waals surface area contributed by atoms with Gasteiger partial charge in [0.2, 0.25) is 0 Å². The van der Waals surface area contributed by atoms with Crippen LogP contribution in [0.2, 0.25) is 0 Å². The lowest BCUT2D eigenvalue weighted by atomic mass is 10.1. The van der Waals surface area contributed by atoms with Crippen LogP contribution >= 0.6 is 11.3 Å². The maximum Gasteiger partial charge on any atom is 0.187 e. The molecular weight excluding hydrogens is 278 g/mol. The largest absolute Gasteiger partial charge is 0.399 e. The average Bonchev–Trinajstić information content (AvgIpc) is 2.92. The Kier molecular flexibility index (Phi) is 3.62. The molecule has 0 unspecified atom stereocenters. The van der Waals surface area contributed by atoms with Crippen LogP contribution in [-0.4, -0.2) is 4.98 Å². The molecule has 0 fully saturated rings. The van der Waals surface area contributed by atoms with E-state index in [0.717, 1.165) is 27.8 Å². The molecule has 0 atom stereocenters. The van der Waals surface area contributed by atoms with Crippen LogP contribution in [-0.2, 0) is 0 Å². The third kappa shape index (κ3) is 3.06. The SMILES string of the molecule is Cc1ccc(C)c(Nc2nc(-c3ccc(N)cc3)cs2)c1. The maximum atomic E-state index is 5.71. The zero-order chi connectivity index (χ0) is 14.8. The van der Waals surface area contributed by atoms with Gasteiger partial charge >= 0.3 is 0 Å². The van der Waals surface area contributed by atoms with Crippen LogP contribution in [0.1, 0.15) is 11.1 Å². The molecule has 0 amide bonds. The van der Waals surface area contributed by atoms with E-state index in [2.05, 4.69) is 47.7 Å². The smallest absolute Gasteiger partial charge is 0.187 e. The van der Waals surface area contributed by atoms with Gasteiger partial charge in [-0.3, -0.25) is 0 Å². The van der Waals surface area contributed by atoms with E-state index in [1.54, 1.807) is 11.3 Å². The molecule has 3 nitrogen and oxygen atoms in total. The summed E-state index contributed by atoms with van der Waals surface area (Å²) in [6.07, 6.45) is 0. The Morgan fingerprint density at radius 1 is 1.05 bits per heavy atom. The standard InChI is InChI=1S/C17H17N3S/c1-11-3-4-12(2)15(9-11)19-17-20-16(10-21-17)13-5-7-14(18)8-6-13/h3-10H,18H2,1-2H3,(H,19,20). The molecule has 1 aromatic heterocycles. The minimum atomic E-state index is 0.766. The molecule has 0 aliphatic heterocycles.